The van der Waals surface area contributed by atoms with Crippen molar-refractivity contribution in [1.82, 2.24) is 10.3 Å². The Kier molecular flexibility index (Phi) is 6.79. The molecule has 0 bridgehead atoms. The summed E-state index contributed by atoms with van der Waals surface area (Å²) in [6, 6.07) is 4.94. The quantitative estimate of drug-likeness (QED) is 0.661. The maximum atomic E-state index is 12.2. The molecular weight excluding hydrogens is 391 g/mol. The highest BCUT2D eigenvalue weighted by molar-refractivity contribution is 7.11. The third-order valence-electron chi connectivity index (χ3n) is 4.32. The van der Waals surface area contributed by atoms with Crippen LogP contribution >= 0.6 is 34.5 Å². The van der Waals surface area contributed by atoms with E-state index in [0.29, 0.717) is 22.3 Å². The van der Waals surface area contributed by atoms with Crippen molar-refractivity contribution in [2.75, 3.05) is 6.54 Å². The number of aryl methyl sites for hydroxylation is 3. The molecule has 1 N–H and O–H groups in total. The predicted octanol–water partition coefficient (Wildman–Crippen LogP) is 4.85. The Hall–Kier alpha value is -1.30. The van der Waals surface area contributed by atoms with Crippen LogP contribution in [0.1, 0.15) is 41.8 Å². The van der Waals surface area contributed by atoms with Gasteiger partial charge in [-0.05, 0) is 57.2 Å². The molecule has 140 valence electrons. The van der Waals surface area contributed by atoms with E-state index in [1.54, 1.807) is 25.1 Å². The number of thiazole rings is 1. The number of carbonyl (C=O) groups excluding carboxylic acids is 1. The third kappa shape index (κ3) is 5.12. The van der Waals surface area contributed by atoms with Crippen molar-refractivity contribution < 1.29 is 9.53 Å². The van der Waals surface area contributed by atoms with Crippen molar-refractivity contribution >= 4 is 40.4 Å². The number of hydrogen-bond acceptors (Lipinski definition) is 4. The lowest BCUT2D eigenvalue weighted by Gasteiger charge is -2.15. The Bertz CT molecular complexity index is 755. The summed E-state index contributed by atoms with van der Waals surface area (Å²) in [7, 11) is 0. The van der Waals surface area contributed by atoms with Gasteiger partial charge in [0.25, 0.3) is 5.91 Å². The van der Waals surface area contributed by atoms with Crippen LogP contribution in [-0.4, -0.2) is 23.5 Å². The normalized spacial score (nSPS) is 14.6. The lowest BCUT2D eigenvalue weighted by Crippen LogP contribution is -2.37. The van der Waals surface area contributed by atoms with Crippen LogP contribution in [0.25, 0.3) is 0 Å². The van der Waals surface area contributed by atoms with E-state index in [4.69, 9.17) is 32.9 Å². The molecule has 1 aliphatic rings. The fourth-order valence-corrected chi connectivity index (χ4v) is 4.57. The van der Waals surface area contributed by atoms with Gasteiger partial charge >= 0.3 is 0 Å². The standard InChI is InChI=1S/C19H22Cl2N2O2S/c1-12(25-16-9-8-13(20)11-14(16)21)19(24)22-10-4-7-18-23-15-5-2-3-6-17(15)26-18/h8-9,11-12H,2-7,10H2,1H3,(H,22,24). The van der Waals surface area contributed by atoms with Gasteiger partial charge in [-0.3, -0.25) is 4.79 Å². The SMILES string of the molecule is CC(Oc1ccc(Cl)cc1Cl)C(=O)NCCCc1nc2c(s1)CCCC2. The number of carbonyl (C=O) groups is 1. The number of nitrogens with zero attached hydrogens (tertiary/aromatic N) is 1. The highest BCUT2D eigenvalue weighted by Gasteiger charge is 2.17. The lowest BCUT2D eigenvalue weighted by atomic mass is 10.0. The average molecular weight is 413 g/mol. The zero-order chi connectivity index (χ0) is 18.5. The van der Waals surface area contributed by atoms with Gasteiger partial charge in [-0.15, -0.1) is 11.3 Å². The van der Waals surface area contributed by atoms with E-state index < -0.39 is 6.10 Å². The summed E-state index contributed by atoms with van der Waals surface area (Å²) >= 11 is 13.8. The molecule has 0 spiro atoms. The van der Waals surface area contributed by atoms with Crippen LogP contribution in [0.2, 0.25) is 10.0 Å². The van der Waals surface area contributed by atoms with Gasteiger partial charge < -0.3 is 10.1 Å². The number of aromatic nitrogens is 1. The van der Waals surface area contributed by atoms with Gasteiger partial charge in [-0.1, -0.05) is 23.2 Å². The fourth-order valence-electron chi connectivity index (χ4n) is 2.92. The molecule has 1 aromatic heterocycles. The summed E-state index contributed by atoms with van der Waals surface area (Å²) in [5.41, 5.74) is 1.29. The summed E-state index contributed by atoms with van der Waals surface area (Å²) < 4.78 is 5.62. The monoisotopic (exact) mass is 412 g/mol. The van der Waals surface area contributed by atoms with Crippen LogP contribution in [0.3, 0.4) is 0 Å². The van der Waals surface area contributed by atoms with Gasteiger partial charge in [-0.25, -0.2) is 4.98 Å². The molecule has 3 rings (SSSR count). The third-order valence-corrected chi connectivity index (χ3v) is 6.07. The van der Waals surface area contributed by atoms with E-state index in [2.05, 4.69) is 5.32 Å². The number of ether oxygens (including phenoxy) is 1. The first-order valence-electron chi connectivity index (χ1n) is 8.90. The van der Waals surface area contributed by atoms with E-state index >= 15 is 0 Å². The molecule has 1 atom stereocenters. The van der Waals surface area contributed by atoms with Crippen molar-refractivity contribution in [3.8, 4) is 5.75 Å². The Morgan fingerprint density at radius 1 is 1.35 bits per heavy atom. The number of benzene rings is 1. The number of amides is 1. The zero-order valence-electron chi connectivity index (χ0n) is 14.7. The van der Waals surface area contributed by atoms with Crippen molar-refractivity contribution in [1.29, 1.82) is 0 Å². The zero-order valence-corrected chi connectivity index (χ0v) is 17.0. The second-order valence-electron chi connectivity index (χ2n) is 6.41. The van der Waals surface area contributed by atoms with Crippen molar-refractivity contribution in [3.05, 3.63) is 43.8 Å². The summed E-state index contributed by atoms with van der Waals surface area (Å²) in [5, 5.41) is 5.02. The number of rotatable bonds is 7. The van der Waals surface area contributed by atoms with E-state index in [1.165, 1.54) is 34.8 Å². The Labute approximate surface area is 167 Å². The average Bonchev–Trinajstić information content (AvgIpc) is 3.03. The van der Waals surface area contributed by atoms with Gasteiger partial charge in [0.1, 0.15) is 5.75 Å². The molecule has 2 aromatic rings. The summed E-state index contributed by atoms with van der Waals surface area (Å²) in [4.78, 5) is 18.4. The molecule has 0 fully saturated rings. The van der Waals surface area contributed by atoms with Gasteiger partial charge in [0, 0.05) is 22.9 Å². The molecular formula is C19H22Cl2N2O2S. The molecule has 1 unspecified atom stereocenters. The molecule has 7 heteroatoms. The van der Waals surface area contributed by atoms with E-state index in [9.17, 15) is 4.79 Å². The molecule has 1 heterocycles. The summed E-state index contributed by atoms with van der Waals surface area (Å²) in [5.74, 6) is 0.293. The summed E-state index contributed by atoms with van der Waals surface area (Å²) in [6.07, 6.45) is 5.96. The first kappa shape index (κ1) is 19.5. The minimum atomic E-state index is -0.624. The molecule has 0 saturated heterocycles. The highest BCUT2D eigenvalue weighted by Crippen LogP contribution is 2.28. The van der Waals surface area contributed by atoms with Crippen LogP contribution in [0, 0.1) is 0 Å². The lowest BCUT2D eigenvalue weighted by molar-refractivity contribution is -0.127. The maximum Gasteiger partial charge on any atom is 0.260 e. The fraction of sp³-hybridized carbons (Fsp3) is 0.474. The van der Waals surface area contributed by atoms with Crippen LogP contribution in [0.15, 0.2) is 18.2 Å². The van der Waals surface area contributed by atoms with E-state index in [-0.39, 0.29) is 5.91 Å². The van der Waals surface area contributed by atoms with Crippen molar-refractivity contribution in [2.24, 2.45) is 0 Å². The molecule has 26 heavy (non-hydrogen) atoms. The van der Waals surface area contributed by atoms with Crippen LogP contribution in [-0.2, 0) is 24.1 Å². The molecule has 0 radical (unpaired) electrons. The van der Waals surface area contributed by atoms with Crippen molar-refractivity contribution in [2.45, 2.75) is 51.6 Å². The van der Waals surface area contributed by atoms with E-state index in [0.717, 1.165) is 19.3 Å². The molecule has 0 aliphatic heterocycles. The first-order chi connectivity index (χ1) is 12.5. The Morgan fingerprint density at radius 2 is 2.15 bits per heavy atom. The van der Waals surface area contributed by atoms with Gasteiger partial charge in [0.2, 0.25) is 0 Å². The van der Waals surface area contributed by atoms with E-state index in [1.807, 2.05) is 11.3 Å². The molecule has 1 aliphatic carbocycles. The second kappa shape index (κ2) is 9.07. The number of nitrogens with one attached hydrogen (secondary N) is 1. The maximum absolute atomic E-state index is 12.2. The molecule has 1 amide bonds. The molecule has 0 saturated carbocycles. The number of hydrogen-bond donors (Lipinski definition) is 1. The molecule has 1 aromatic carbocycles. The predicted molar refractivity (Wildman–Crippen MR) is 107 cm³/mol. The minimum absolute atomic E-state index is 0.158. The largest absolute Gasteiger partial charge is 0.479 e. The smallest absolute Gasteiger partial charge is 0.260 e. The minimum Gasteiger partial charge on any atom is -0.479 e. The number of halogens is 2. The van der Waals surface area contributed by atoms with Crippen LogP contribution in [0.5, 0.6) is 5.75 Å². The Morgan fingerprint density at radius 3 is 2.92 bits per heavy atom. The van der Waals surface area contributed by atoms with Gasteiger partial charge in [-0.2, -0.15) is 0 Å². The first-order valence-corrected chi connectivity index (χ1v) is 10.5. The van der Waals surface area contributed by atoms with Gasteiger partial charge in [0.15, 0.2) is 6.10 Å². The summed E-state index contributed by atoms with van der Waals surface area (Å²) in [6.45, 7) is 2.31. The van der Waals surface area contributed by atoms with Crippen LogP contribution < -0.4 is 10.1 Å². The van der Waals surface area contributed by atoms with Crippen LogP contribution in [0.4, 0.5) is 0 Å². The second-order valence-corrected chi connectivity index (χ2v) is 8.43. The van der Waals surface area contributed by atoms with Gasteiger partial charge in [0.05, 0.1) is 15.7 Å². The van der Waals surface area contributed by atoms with Crippen molar-refractivity contribution in [3.63, 3.8) is 0 Å². The molecule has 4 nitrogen and oxygen atoms in total. The Balaban J connectivity index is 1.41. The number of fused-ring (bicyclic) bond motifs is 1. The highest BCUT2D eigenvalue weighted by atomic mass is 35.5. The topological polar surface area (TPSA) is 51.2 Å².